The summed E-state index contributed by atoms with van der Waals surface area (Å²) >= 11 is 0. The quantitative estimate of drug-likeness (QED) is 0.409. The number of ether oxygens (including phenoxy) is 1. The van der Waals surface area contributed by atoms with Crippen LogP contribution in [0.3, 0.4) is 0 Å². The molecule has 4 amide bonds. The van der Waals surface area contributed by atoms with Crippen molar-refractivity contribution in [2.45, 2.75) is 25.1 Å². The minimum Gasteiger partial charge on any atom is -0.562 e. The maximum Gasteiger partial charge on any atom is 0.553 e. The second-order valence-electron chi connectivity index (χ2n) is 6.12. The van der Waals surface area contributed by atoms with Crippen LogP contribution in [0.5, 0.6) is 5.75 Å². The predicted molar refractivity (Wildman–Crippen MR) is 88.3 cm³/mol. The van der Waals surface area contributed by atoms with Crippen LogP contribution in [0.1, 0.15) is 33.6 Å². The molecule has 1 atom stereocenters. The van der Waals surface area contributed by atoms with Gasteiger partial charge in [0.1, 0.15) is 17.8 Å². The Hall–Kier alpha value is -3.97. The molecule has 0 aliphatic carbocycles. The Morgan fingerprint density at radius 1 is 1.19 bits per heavy atom. The lowest BCUT2D eigenvalue weighted by Gasteiger charge is -2.27. The molecule has 14 heteroatoms. The molecule has 0 saturated carbocycles. The number of carboxylic acids is 1. The van der Waals surface area contributed by atoms with Crippen LogP contribution < -0.4 is 15.2 Å². The van der Waals surface area contributed by atoms with Gasteiger partial charge in [0.25, 0.3) is 11.8 Å². The number of nitrogens with one attached hydrogen (secondary N) is 1. The number of nitrogens with zero attached hydrogens (tertiary/aromatic N) is 1. The topological polar surface area (TPSA) is 173 Å². The number of aliphatic carboxylic acids is 1. The minimum absolute atomic E-state index is 0.00115. The van der Waals surface area contributed by atoms with Crippen molar-refractivity contribution in [2.75, 3.05) is 6.61 Å². The minimum atomic E-state index is -5.19. The molecule has 2 aliphatic heterocycles. The lowest BCUT2D eigenvalue weighted by molar-refractivity contribution is -0.344. The molecule has 1 fully saturated rings. The van der Waals surface area contributed by atoms with Crippen LogP contribution in [-0.2, 0) is 19.2 Å². The molecule has 3 N–H and O–H groups in total. The number of carboxylic acid groups (broad SMARTS) is 1. The highest BCUT2D eigenvalue weighted by atomic mass is 19.4. The van der Waals surface area contributed by atoms with E-state index in [0.717, 1.165) is 4.90 Å². The van der Waals surface area contributed by atoms with Gasteiger partial charge in [-0.25, -0.2) is 0 Å². The highest BCUT2D eigenvalue weighted by Crippen LogP contribution is 2.33. The SMILES string of the molecule is O=C([O-])C(F)(F)F.O=C([OH2+])COc1cccc2c1C(=O)N([C@H]1CCC(=O)NC1=O)C2=O. The van der Waals surface area contributed by atoms with Crippen molar-refractivity contribution in [3.05, 3.63) is 29.3 Å². The molecule has 166 valence electrons. The van der Waals surface area contributed by atoms with Crippen LogP contribution in [0.25, 0.3) is 0 Å². The molecule has 0 unspecified atom stereocenters. The van der Waals surface area contributed by atoms with E-state index in [0.29, 0.717) is 0 Å². The summed E-state index contributed by atoms with van der Waals surface area (Å²) < 4.78 is 36.7. The molecular weight excluding hydrogens is 433 g/mol. The largest absolute Gasteiger partial charge is 0.562 e. The fourth-order valence-corrected chi connectivity index (χ4v) is 2.75. The molecule has 0 bridgehead atoms. The van der Waals surface area contributed by atoms with E-state index in [4.69, 9.17) is 19.7 Å². The van der Waals surface area contributed by atoms with Crippen LogP contribution >= 0.6 is 0 Å². The smallest absolute Gasteiger partial charge is 0.553 e. The number of hydrogen-bond donors (Lipinski definition) is 1. The first-order chi connectivity index (χ1) is 14.3. The Morgan fingerprint density at radius 3 is 2.32 bits per heavy atom. The van der Waals surface area contributed by atoms with E-state index in [2.05, 4.69) is 5.32 Å². The van der Waals surface area contributed by atoms with Crippen LogP contribution in [0.4, 0.5) is 13.2 Å². The zero-order chi connectivity index (χ0) is 23.5. The van der Waals surface area contributed by atoms with Crippen molar-refractivity contribution >= 4 is 35.6 Å². The molecule has 3 rings (SSSR count). The standard InChI is InChI=1S/C15H12N2O7.C2HF3O2/c18-10-5-4-8(13(21)16-10)17-14(22)7-2-1-3-9(12(7)15(17)23)24-6-11(19)20;3-2(4,5)1(6)7/h1-3,8H,4-6H2,(H,19,20)(H,16,18,21);(H,6,7)/t8-;/m0./s1. The van der Waals surface area contributed by atoms with Crippen molar-refractivity contribution < 1.29 is 56.9 Å². The third-order valence-corrected chi connectivity index (χ3v) is 4.02. The van der Waals surface area contributed by atoms with E-state index in [9.17, 15) is 37.1 Å². The summed E-state index contributed by atoms with van der Waals surface area (Å²) in [7, 11) is 0. The van der Waals surface area contributed by atoms with E-state index in [1.165, 1.54) is 18.2 Å². The van der Waals surface area contributed by atoms with Gasteiger partial charge in [-0.05, 0) is 18.6 Å². The number of benzene rings is 1. The van der Waals surface area contributed by atoms with Gasteiger partial charge in [-0.2, -0.15) is 13.2 Å². The Bertz CT molecular complexity index is 974. The first-order valence-electron chi connectivity index (χ1n) is 8.34. The van der Waals surface area contributed by atoms with E-state index in [1.54, 1.807) is 0 Å². The number of piperidine rings is 1. The molecule has 0 spiro atoms. The summed E-state index contributed by atoms with van der Waals surface area (Å²) in [5.41, 5.74) is 0.00748. The predicted octanol–water partition coefficient (Wildman–Crippen LogP) is -1.98. The van der Waals surface area contributed by atoms with Gasteiger partial charge in [0.15, 0.2) is 0 Å². The van der Waals surface area contributed by atoms with Gasteiger partial charge in [-0.3, -0.25) is 29.4 Å². The maximum atomic E-state index is 12.6. The first kappa shape index (κ1) is 23.3. The Morgan fingerprint density at radius 2 is 1.81 bits per heavy atom. The average molecular weight is 446 g/mol. The zero-order valence-electron chi connectivity index (χ0n) is 15.3. The Labute approximate surface area is 170 Å². The summed E-state index contributed by atoms with van der Waals surface area (Å²) in [4.78, 5) is 68.7. The molecule has 2 heterocycles. The Kier molecular flexibility index (Phi) is 6.62. The van der Waals surface area contributed by atoms with E-state index < -0.39 is 54.4 Å². The molecule has 1 aromatic carbocycles. The van der Waals surface area contributed by atoms with E-state index in [-0.39, 0.29) is 29.7 Å². The summed E-state index contributed by atoms with van der Waals surface area (Å²) in [6.45, 7) is -0.559. The third-order valence-electron chi connectivity index (χ3n) is 4.02. The van der Waals surface area contributed by atoms with Crippen LogP contribution in [0.15, 0.2) is 18.2 Å². The maximum absolute atomic E-state index is 12.6. The van der Waals surface area contributed by atoms with Crippen molar-refractivity contribution in [2.24, 2.45) is 0 Å². The lowest BCUT2D eigenvalue weighted by atomic mass is 10.0. The molecule has 0 aromatic heterocycles. The molecule has 1 aromatic rings. The molecule has 0 radical (unpaired) electrons. The fourth-order valence-electron chi connectivity index (χ4n) is 2.75. The van der Waals surface area contributed by atoms with Gasteiger partial charge in [0.2, 0.25) is 18.4 Å². The number of rotatable bonds is 4. The van der Waals surface area contributed by atoms with Crippen molar-refractivity contribution in [1.29, 1.82) is 0 Å². The summed E-state index contributed by atoms with van der Waals surface area (Å²) in [6.07, 6.45) is -5.11. The van der Waals surface area contributed by atoms with Gasteiger partial charge < -0.3 is 19.7 Å². The highest BCUT2D eigenvalue weighted by Gasteiger charge is 2.46. The molecule has 1 saturated heterocycles. The molecule has 11 nitrogen and oxygen atoms in total. The van der Waals surface area contributed by atoms with Gasteiger partial charge >= 0.3 is 12.1 Å². The summed E-state index contributed by atoms with van der Waals surface area (Å²) in [6, 6.07) is 3.22. The highest BCUT2D eigenvalue weighted by molar-refractivity contribution is 6.24. The summed E-state index contributed by atoms with van der Waals surface area (Å²) in [5, 5.41) is 17.7. The number of carbonyl (C=O) groups is 6. The van der Waals surface area contributed by atoms with Crippen LogP contribution in [0.2, 0.25) is 0 Å². The first-order valence-corrected chi connectivity index (χ1v) is 8.34. The van der Waals surface area contributed by atoms with Crippen molar-refractivity contribution in [3.8, 4) is 5.75 Å². The number of amides is 4. The third kappa shape index (κ3) is 5.15. The molecule has 31 heavy (non-hydrogen) atoms. The average Bonchev–Trinajstić information content (AvgIpc) is 2.91. The fraction of sp³-hybridized carbons (Fsp3) is 0.294. The number of alkyl halides is 3. The number of imide groups is 2. The van der Waals surface area contributed by atoms with Gasteiger partial charge in [-0.1, -0.05) is 6.07 Å². The van der Waals surface area contributed by atoms with Gasteiger partial charge in [-0.15, -0.1) is 0 Å². The normalized spacial score (nSPS) is 18.0. The van der Waals surface area contributed by atoms with Crippen LogP contribution in [-0.4, -0.2) is 64.4 Å². The van der Waals surface area contributed by atoms with Crippen molar-refractivity contribution in [1.82, 2.24) is 10.2 Å². The van der Waals surface area contributed by atoms with Gasteiger partial charge in [0, 0.05) is 11.2 Å². The van der Waals surface area contributed by atoms with Crippen LogP contribution in [0, 0.1) is 0 Å². The van der Waals surface area contributed by atoms with Crippen molar-refractivity contribution in [3.63, 3.8) is 0 Å². The number of carbonyl (C=O) groups excluding carboxylic acids is 6. The molecule has 2 aliphatic rings. The second-order valence-corrected chi connectivity index (χ2v) is 6.12. The van der Waals surface area contributed by atoms with Gasteiger partial charge in [0.05, 0.1) is 11.1 Å². The second kappa shape index (κ2) is 8.81. The Balaban J connectivity index is 0.000000423. The zero-order valence-corrected chi connectivity index (χ0v) is 15.3. The van der Waals surface area contributed by atoms with E-state index >= 15 is 0 Å². The lowest BCUT2D eigenvalue weighted by Crippen LogP contribution is -2.54. The molecular formula is C17H13F3N2O9. The van der Waals surface area contributed by atoms with E-state index in [1.807, 2.05) is 0 Å². The number of halogens is 3. The monoisotopic (exact) mass is 446 g/mol. The number of fused-ring (bicyclic) bond motifs is 1. The summed E-state index contributed by atoms with van der Waals surface area (Å²) in [5.74, 6) is -6.53. The number of hydrogen-bond acceptors (Lipinski definition) is 8.